The molecule has 0 bridgehead atoms. The summed E-state index contributed by atoms with van der Waals surface area (Å²) in [4.78, 5) is 25.9. The van der Waals surface area contributed by atoms with Gasteiger partial charge in [0.2, 0.25) is 0 Å². The van der Waals surface area contributed by atoms with Crippen molar-refractivity contribution < 1.29 is 19.4 Å². The predicted octanol–water partition coefficient (Wildman–Crippen LogP) is 0.477. The van der Waals surface area contributed by atoms with Gasteiger partial charge in [0.25, 0.3) is 5.56 Å². The summed E-state index contributed by atoms with van der Waals surface area (Å²) in [6.45, 7) is -0.467. The maximum absolute atomic E-state index is 11.9. The molecule has 21 heavy (non-hydrogen) atoms. The first kappa shape index (κ1) is 13.3. The normalized spacial score (nSPS) is 18.0. The van der Waals surface area contributed by atoms with Crippen LogP contribution in [0.4, 0.5) is 0 Å². The molecular weight excluding hydrogens is 280 g/mol. The van der Waals surface area contributed by atoms with Gasteiger partial charge in [0.1, 0.15) is 18.1 Å². The van der Waals surface area contributed by atoms with Crippen LogP contribution in [0.2, 0.25) is 0 Å². The second-order valence-corrected chi connectivity index (χ2v) is 4.49. The number of nitrogens with zero attached hydrogens (tertiary/aromatic N) is 1. The van der Waals surface area contributed by atoms with Gasteiger partial charge >= 0.3 is 5.69 Å². The van der Waals surface area contributed by atoms with E-state index in [0.29, 0.717) is 5.76 Å². The SMILES string of the molecule is O=c1[nH]c(=O)n(C2CC(O)=C(CO)O2)cc1-c1ccco1. The lowest BCUT2D eigenvalue weighted by atomic mass is 10.2. The molecule has 1 unspecified atom stereocenters. The van der Waals surface area contributed by atoms with Crippen LogP contribution >= 0.6 is 0 Å². The van der Waals surface area contributed by atoms with Gasteiger partial charge in [-0.1, -0.05) is 0 Å². The molecule has 110 valence electrons. The number of H-pyrrole nitrogens is 1. The van der Waals surface area contributed by atoms with Crippen LogP contribution in [-0.4, -0.2) is 26.4 Å². The monoisotopic (exact) mass is 292 g/mol. The maximum Gasteiger partial charge on any atom is 0.331 e. The average molecular weight is 292 g/mol. The van der Waals surface area contributed by atoms with Crippen molar-refractivity contribution in [2.75, 3.05) is 6.61 Å². The number of rotatable bonds is 3. The molecule has 0 saturated heterocycles. The summed E-state index contributed by atoms with van der Waals surface area (Å²) in [7, 11) is 0. The predicted molar refractivity (Wildman–Crippen MR) is 70.5 cm³/mol. The summed E-state index contributed by atoms with van der Waals surface area (Å²) in [5.74, 6) is 0.195. The number of aliphatic hydroxyl groups excluding tert-OH is 2. The summed E-state index contributed by atoms with van der Waals surface area (Å²) in [6, 6.07) is 3.21. The van der Waals surface area contributed by atoms with E-state index in [1.54, 1.807) is 12.1 Å². The van der Waals surface area contributed by atoms with E-state index in [1.807, 2.05) is 0 Å². The van der Waals surface area contributed by atoms with Gasteiger partial charge in [-0.25, -0.2) is 4.79 Å². The van der Waals surface area contributed by atoms with Gasteiger partial charge in [-0.3, -0.25) is 14.3 Å². The molecule has 3 heterocycles. The van der Waals surface area contributed by atoms with Crippen molar-refractivity contribution in [2.45, 2.75) is 12.6 Å². The fraction of sp³-hybridized carbons (Fsp3) is 0.231. The lowest BCUT2D eigenvalue weighted by molar-refractivity contribution is 0.0592. The van der Waals surface area contributed by atoms with E-state index in [-0.39, 0.29) is 23.5 Å². The van der Waals surface area contributed by atoms with Gasteiger partial charge < -0.3 is 19.4 Å². The molecule has 0 amide bonds. The van der Waals surface area contributed by atoms with Crippen LogP contribution in [-0.2, 0) is 4.74 Å². The number of hydrogen-bond donors (Lipinski definition) is 3. The van der Waals surface area contributed by atoms with E-state index in [0.717, 1.165) is 4.57 Å². The third kappa shape index (κ3) is 2.25. The van der Waals surface area contributed by atoms with Crippen LogP contribution in [0.15, 0.2) is 50.1 Å². The maximum atomic E-state index is 11.9. The van der Waals surface area contributed by atoms with Crippen LogP contribution < -0.4 is 11.2 Å². The first-order chi connectivity index (χ1) is 10.1. The number of ether oxygens (including phenoxy) is 1. The lowest BCUT2D eigenvalue weighted by Crippen LogP contribution is -2.33. The van der Waals surface area contributed by atoms with Crippen molar-refractivity contribution in [2.24, 2.45) is 0 Å². The van der Waals surface area contributed by atoms with Gasteiger partial charge in [0.05, 0.1) is 18.2 Å². The largest absolute Gasteiger partial charge is 0.508 e. The highest BCUT2D eigenvalue weighted by molar-refractivity contribution is 5.54. The Morgan fingerprint density at radius 1 is 1.43 bits per heavy atom. The Morgan fingerprint density at radius 3 is 2.86 bits per heavy atom. The molecule has 0 fully saturated rings. The van der Waals surface area contributed by atoms with Crippen LogP contribution in [0.25, 0.3) is 11.3 Å². The smallest absolute Gasteiger partial charge is 0.331 e. The zero-order valence-corrected chi connectivity index (χ0v) is 10.8. The molecule has 0 spiro atoms. The minimum Gasteiger partial charge on any atom is -0.508 e. The van der Waals surface area contributed by atoms with Crippen LogP contribution in [0.5, 0.6) is 0 Å². The summed E-state index contributed by atoms with van der Waals surface area (Å²) >= 11 is 0. The Labute approximate surface area is 117 Å². The molecular formula is C13H12N2O6. The summed E-state index contributed by atoms with van der Waals surface area (Å²) in [5, 5.41) is 18.6. The van der Waals surface area contributed by atoms with Crippen molar-refractivity contribution >= 4 is 0 Å². The zero-order chi connectivity index (χ0) is 15.0. The van der Waals surface area contributed by atoms with Crippen molar-refractivity contribution in [3.8, 4) is 11.3 Å². The number of hydrogen-bond acceptors (Lipinski definition) is 6. The zero-order valence-electron chi connectivity index (χ0n) is 10.8. The quantitative estimate of drug-likeness (QED) is 0.757. The van der Waals surface area contributed by atoms with Crippen molar-refractivity contribution in [1.29, 1.82) is 0 Å². The van der Waals surface area contributed by atoms with E-state index in [2.05, 4.69) is 4.98 Å². The third-order valence-corrected chi connectivity index (χ3v) is 3.18. The summed E-state index contributed by atoms with van der Waals surface area (Å²) < 4.78 is 11.6. The Balaban J connectivity index is 2.03. The van der Waals surface area contributed by atoms with Crippen molar-refractivity contribution in [1.82, 2.24) is 9.55 Å². The molecule has 0 aromatic carbocycles. The first-order valence-corrected chi connectivity index (χ1v) is 6.18. The minimum absolute atomic E-state index is 0.0117. The fourth-order valence-electron chi connectivity index (χ4n) is 2.14. The van der Waals surface area contributed by atoms with Crippen LogP contribution in [0, 0.1) is 0 Å². The second-order valence-electron chi connectivity index (χ2n) is 4.49. The number of aromatic amines is 1. The average Bonchev–Trinajstić information content (AvgIpc) is 3.08. The molecule has 0 saturated carbocycles. The Morgan fingerprint density at radius 2 is 2.24 bits per heavy atom. The van der Waals surface area contributed by atoms with Gasteiger partial charge in [-0.15, -0.1) is 0 Å². The molecule has 8 nitrogen and oxygen atoms in total. The molecule has 2 aromatic rings. The van der Waals surface area contributed by atoms with Crippen molar-refractivity contribution in [3.05, 3.63) is 56.9 Å². The first-order valence-electron chi connectivity index (χ1n) is 6.18. The van der Waals surface area contributed by atoms with E-state index in [1.165, 1.54) is 12.5 Å². The lowest BCUT2D eigenvalue weighted by Gasteiger charge is -2.15. The fourth-order valence-corrected chi connectivity index (χ4v) is 2.14. The molecule has 1 aliphatic heterocycles. The number of aromatic nitrogens is 2. The molecule has 2 aromatic heterocycles. The standard InChI is InChI=1S/C13H12N2O6/c16-6-10-8(17)4-11(21-10)15-5-7(9-2-1-3-20-9)12(18)14-13(15)19/h1-3,5,11,16-17H,4,6H2,(H,14,18,19). The number of nitrogens with one attached hydrogen (secondary N) is 1. The highest BCUT2D eigenvalue weighted by Crippen LogP contribution is 2.29. The topological polar surface area (TPSA) is 118 Å². The molecule has 1 atom stereocenters. The van der Waals surface area contributed by atoms with Gasteiger partial charge in [-0.05, 0) is 12.1 Å². The molecule has 3 N–H and O–H groups in total. The van der Waals surface area contributed by atoms with Gasteiger partial charge in [-0.2, -0.15) is 0 Å². The van der Waals surface area contributed by atoms with E-state index < -0.39 is 24.1 Å². The van der Waals surface area contributed by atoms with E-state index in [4.69, 9.17) is 14.3 Å². The minimum atomic E-state index is -0.829. The molecule has 3 rings (SSSR count). The number of aliphatic hydroxyl groups is 2. The second kappa shape index (κ2) is 4.98. The highest BCUT2D eigenvalue weighted by atomic mass is 16.5. The molecule has 1 aliphatic rings. The number of furan rings is 1. The molecule has 0 radical (unpaired) electrons. The van der Waals surface area contributed by atoms with Crippen molar-refractivity contribution in [3.63, 3.8) is 0 Å². The summed E-state index contributed by atoms with van der Waals surface area (Å²) in [5.41, 5.74) is -1.09. The van der Waals surface area contributed by atoms with Crippen LogP contribution in [0.1, 0.15) is 12.6 Å². The summed E-state index contributed by atoms with van der Waals surface area (Å²) in [6.07, 6.45) is 1.91. The Bertz CT molecular complexity index is 799. The van der Waals surface area contributed by atoms with E-state index >= 15 is 0 Å². The van der Waals surface area contributed by atoms with Crippen LogP contribution in [0.3, 0.4) is 0 Å². The molecule has 8 heteroatoms. The Kier molecular flexibility index (Phi) is 3.15. The van der Waals surface area contributed by atoms with Gasteiger partial charge in [0, 0.05) is 6.20 Å². The molecule has 0 aliphatic carbocycles. The Hall–Kier alpha value is -2.74. The van der Waals surface area contributed by atoms with Gasteiger partial charge in [0.15, 0.2) is 12.0 Å². The third-order valence-electron chi connectivity index (χ3n) is 3.18. The van der Waals surface area contributed by atoms with E-state index in [9.17, 15) is 14.7 Å². The highest BCUT2D eigenvalue weighted by Gasteiger charge is 2.28.